The lowest BCUT2D eigenvalue weighted by atomic mass is 10.3. The normalized spacial score (nSPS) is 22.8. The standard InChI is InChI=1S/C8H19N2O2S.HI/c1-4-13(11,12)9-5-7-10(2,3)8-6-9;/h4-8H2,1-3H3;1H/q+1;/p-1. The molecule has 86 valence electrons. The Morgan fingerprint density at radius 2 is 1.64 bits per heavy atom. The van der Waals surface area contributed by atoms with Gasteiger partial charge in [-0.2, -0.15) is 4.31 Å². The fraction of sp³-hybridized carbons (Fsp3) is 1.00. The number of sulfonamides is 1. The smallest absolute Gasteiger partial charge is 0.214 e. The van der Waals surface area contributed by atoms with Gasteiger partial charge in [0.15, 0.2) is 0 Å². The Kier molecular flexibility index (Phi) is 5.31. The molecule has 0 saturated carbocycles. The first-order valence-corrected chi connectivity index (χ1v) is 6.28. The maximum absolute atomic E-state index is 11.5. The van der Waals surface area contributed by atoms with Crippen molar-refractivity contribution in [3.8, 4) is 0 Å². The molecule has 0 N–H and O–H groups in total. The molecule has 1 aliphatic heterocycles. The highest BCUT2D eigenvalue weighted by Gasteiger charge is 2.30. The van der Waals surface area contributed by atoms with Gasteiger partial charge >= 0.3 is 0 Å². The molecule has 0 aromatic heterocycles. The minimum Gasteiger partial charge on any atom is -1.00 e. The van der Waals surface area contributed by atoms with Gasteiger partial charge in [0.1, 0.15) is 0 Å². The molecular formula is C8H19IN2O2S. The van der Waals surface area contributed by atoms with Gasteiger partial charge in [-0.1, -0.05) is 0 Å². The number of rotatable bonds is 2. The van der Waals surface area contributed by atoms with Crippen molar-refractivity contribution in [1.82, 2.24) is 4.31 Å². The van der Waals surface area contributed by atoms with E-state index >= 15 is 0 Å². The maximum Gasteiger partial charge on any atom is 0.214 e. The molecule has 1 fully saturated rings. The van der Waals surface area contributed by atoms with Gasteiger partial charge in [-0.25, -0.2) is 8.42 Å². The molecule has 0 radical (unpaired) electrons. The molecule has 4 nitrogen and oxygen atoms in total. The first-order valence-electron chi connectivity index (χ1n) is 4.67. The number of piperazine rings is 1. The summed E-state index contributed by atoms with van der Waals surface area (Å²) in [6, 6.07) is 0. The predicted octanol–water partition coefficient (Wildman–Crippen LogP) is -3.27. The van der Waals surface area contributed by atoms with Crippen LogP contribution in [-0.2, 0) is 10.0 Å². The van der Waals surface area contributed by atoms with E-state index in [1.807, 2.05) is 0 Å². The number of nitrogens with zero attached hydrogens (tertiary/aromatic N) is 2. The van der Waals surface area contributed by atoms with Gasteiger partial charge in [-0.3, -0.25) is 0 Å². The van der Waals surface area contributed by atoms with E-state index in [-0.39, 0.29) is 29.7 Å². The van der Waals surface area contributed by atoms with Gasteiger partial charge in [0.25, 0.3) is 0 Å². The molecule has 0 aromatic rings. The lowest BCUT2D eigenvalue weighted by Crippen LogP contribution is -3.00. The van der Waals surface area contributed by atoms with Crippen molar-refractivity contribution in [3.63, 3.8) is 0 Å². The van der Waals surface area contributed by atoms with E-state index < -0.39 is 10.0 Å². The van der Waals surface area contributed by atoms with Gasteiger partial charge < -0.3 is 28.5 Å². The zero-order chi connectivity index (χ0) is 10.1. The summed E-state index contributed by atoms with van der Waals surface area (Å²) in [6.45, 7) is 4.87. The second-order valence-corrected chi connectivity index (χ2v) is 6.44. The van der Waals surface area contributed by atoms with Crippen LogP contribution in [0.1, 0.15) is 6.92 Å². The number of halogens is 1. The van der Waals surface area contributed by atoms with E-state index in [2.05, 4.69) is 14.1 Å². The second kappa shape index (κ2) is 5.09. The third-order valence-corrected chi connectivity index (χ3v) is 4.55. The largest absolute Gasteiger partial charge is 1.00 e. The lowest BCUT2D eigenvalue weighted by molar-refractivity contribution is -0.893. The lowest BCUT2D eigenvalue weighted by Gasteiger charge is -2.38. The van der Waals surface area contributed by atoms with Crippen molar-refractivity contribution in [2.75, 3.05) is 46.0 Å². The van der Waals surface area contributed by atoms with Crippen LogP contribution in [0.15, 0.2) is 0 Å². The molecular weight excluding hydrogens is 315 g/mol. The van der Waals surface area contributed by atoms with Crippen LogP contribution in [0.2, 0.25) is 0 Å². The van der Waals surface area contributed by atoms with Crippen LogP contribution in [0.3, 0.4) is 0 Å². The number of hydrogen-bond donors (Lipinski definition) is 0. The van der Waals surface area contributed by atoms with Gasteiger partial charge in [0, 0.05) is 0 Å². The van der Waals surface area contributed by atoms with Crippen molar-refractivity contribution in [2.45, 2.75) is 6.92 Å². The average Bonchev–Trinajstić information content (AvgIpc) is 2.04. The predicted molar refractivity (Wildman–Crippen MR) is 52.9 cm³/mol. The Morgan fingerprint density at radius 1 is 1.21 bits per heavy atom. The minimum atomic E-state index is -2.95. The number of hydrogen-bond acceptors (Lipinski definition) is 2. The summed E-state index contributed by atoms with van der Waals surface area (Å²) >= 11 is 0. The molecule has 0 atom stereocenters. The summed E-state index contributed by atoms with van der Waals surface area (Å²) < 4.78 is 25.5. The van der Waals surface area contributed by atoms with Crippen molar-refractivity contribution in [1.29, 1.82) is 0 Å². The Bertz CT molecular complexity index is 267. The van der Waals surface area contributed by atoms with E-state index in [0.717, 1.165) is 17.6 Å². The Balaban J connectivity index is 0.00000169. The summed E-state index contributed by atoms with van der Waals surface area (Å²) in [5.74, 6) is 0.223. The molecule has 0 aliphatic carbocycles. The molecule has 14 heavy (non-hydrogen) atoms. The summed E-state index contributed by atoms with van der Waals surface area (Å²) in [5, 5.41) is 0. The van der Waals surface area contributed by atoms with Crippen LogP contribution in [-0.4, -0.2) is 63.2 Å². The topological polar surface area (TPSA) is 37.4 Å². The van der Waals surface area contributed by atoms with Crippen molar-refractivity contribution in [2.24, 2.45) is 0 Å². The average molecular weight is 334 g/mol. The van der Waals surface area contributed by atoms with Gasteiger partial charge in [0.05, 0.1) is 46.0 Å². The van der Waals surface area contributed by atoms with Crippen LogP contribution >= 0.6 is 0 Å². The fourth-order valence-corrected chi connectivity index (χ4v) is 2.53. The molecule has 0 amide bonds. The van der Waals surface area contributed by atoms with Gasteiger partial charge in [0.2, 0.25) is 10.0 Å². The molecule has 1 rings (SSSR count). The van der Waals surface area contributed by atoms with Gasteiger partial charge in [-0.15, -0.1) is 0 Å². The quantitative estimate of drug-likeness (QED) is 0.393. The van der Waals surface area contributed by atoms with Gasteiger partial charge in [-0.05, 0) is 6.92 Å². The highest BCUT2D eigenvalue weighted by molar-refractivity contribution is 7.89. The SMILES string of the molecule is CCS(=O)(=O)N1CC[N+](C)(C)CC1.[I-]. The molecule has 0 bridgehead atoms. The highest BCUT2D eigenvalue weighted by atomic mass is 127. The Morgan fingerprint density at radius 3 is 2.00 bits per heavy atom. The van der Waals surface area contributed by atoms with Crippen molar-refractivity contribution >= 4 is 10.0 Å². The van der Waals surface area contributed by atoms with Crippen LogP contribution in [0, 0.1) is 0 Å². The molecule has 0 spiro atoms. The number of likely N-dealkylation sites (N-methyl/N-ethyl adjacent to an activating group) is 1. The van der Waals surface area contributed by atoms with Crippen LogP contribution in [0.25, 0.3) is 0 Å². The summed E-state index contributed by atoms with van der Waals surface area (Å²) in [6.07, 6.45) is 0. The molecule has 1 aliphatic rings. The summed E-state index contributed by atoms with van der Waals surface area (Å²) in [5.41, 5.74) is 0. The van der Waals surface area contributed by atoms with Crippen LogP contribution < -0.4 is 24.0 Å². The Labute approximate surface area is 104 Å². The van der Waals surface area contributed by atoms with E-state index in [4.69, 9.17) is 0 Å². The number of quaternary nitrogens is 1. The van der Waals surface area contributed by atoms with Crippen molar-refractivity contribution in [3.05, 3.63) is 0 Å². The van der Waals surface area contributed by atoms with Crippen molar-refractivity contribution < 1.29 is 36.9 Å². The third-order valence-electron chi connectivity index (χ3n) is 2.67. The fourth-order valence-electron chi connectivity index (χ4n) is 1.45. The van der Waals surface area contributed by atoms with E-state index in [1.165, 1.54) is 0 Å². The van der Waals surface area contributed by atoms with E-state index in [0.29, 0.717) is 13.1 Å². The summed E-state index contributed by atoms with van der Waals surface area (Å²) in [7, 11) is 1.32. The summed E-state index contributed by atoms with van der Waals surface area (Å²) in [4.78, 5) is 0. The molecule has 0 unspecified atom stereocenters. The monoisotopic (exact) mass is 334 g/mol. The second-order valence-electron chi connectivity index (χ2n) is 4.18. The van der Waals surface area contributed by atoms with Crippen LogP contribution in [0.4, 0.5) is 0 Å². The highest BCUT2D eigenvalue weighted by Crippen LogP contribution is 2.10. The first kappa shape index (κ1) is 14.6. The first-order chi connectivity index (χ1) is 5.87. The zero-order valence-corrected chi connectivity index (χ0v) is 12.0. The van der Waals surface area contributed by atoms with E-state index in [1.54, 1.807) is 11.2 Å². The van der Waals surface area contributed by atoms with E-state index in [9.17, 15) is 8.42 Å². The molecule has 0 aromatic carbocycles. The molecule has 1 heterocycles. The zero-order valence-electron chi connectivity index (χ0n) is 9.03. The maximum atomic E-state index is 11.5. The molecule has 1 saturated heterocycles. The molecule has 6 heteroatoms. The minimum absolute atomic E-state index is 0. The van der Waals surface area contributed by atoms with Crippen LogP contribution in [0.5, 0.6) is 0 Å². The third kappa shape index (κ3) is 3.63. The Hall–Kier alpha value is 0.600.